The van der Waals surface area contributed by atoms with E-state index in [-0.39, 0.29) is 5.95 Å². The molecule has 0 bridgehead atoms. The summed E-state index contributed by atoms with van der Waals surface area (Å²) in [4.78, 5) is 4.25. The predicted molar refractivity (Wildman–Crippen MR) is 87.0 cm³/mol. The fourth-order valence-corrected chi connectivity index (χ4v) is 2.75. The number of benzene rings is 1. The molecule has 2 aromatic heterocycles. The SMILES string of the molecule is CCCc1nnc(N=Cc2cc(-c3ccccc3)oc2O)s1. The van der Waals surface area contributed by atoms with E-state index in [1.807, 2.05) is 30.3 Å². The van der Waals surface area contributed by atoms with Gasteiger partial charge in [-0.1, -0.05) is 48.6 Å². The predicted octanol–water partition coefficient (Wildman–Crippen LogP) is 4.21. The summed E-state index contributed by atoms with van der Waals surface area (Å²) >= 11 is 1.45. The Morgan fingerprint density at radius 2 is 2.09 bits per heavy atom. The molecule has 22 heavy (non-hydrogen) atoms. The van der Waals surface area contributed by atoms with E-state index in [1.165, 1.54) is 11.3 Å². The Morgan fingerprint density at radius 3 is 2.86 bits per heavy atom. The molecule has 112 valence electrons. The Balaban J connectivity index is 1.80. The van der Waals surface area contributed by atoms with Crippen LogP contribution in [0.5, 0.6) is 5.95 Å². The highest BCUT2D eigenvalue weighted by Crippen LogP contribution is 2.29. The van der Waals surface area contributed by atoms with Crippen molar-refractivity contribution in [1.82, 2.24) is 10.2 Å². The Hall–Kier alpha value is -2.47. The number of aromatic nitrogens is 2. The van der Waals surface area contributed by atoms with E-state index in [9.17, 15) is 5.11 Å². The number of aryl methyl sites for hydroxylation is 1. The summed E-state index contributed by atoms with van der Waals surface area (Å²) in [6, 6.07) is 11.3. The molecule has 0 atom stereocenters. The lowest BCUT2D eigenvalue weighted by Gasteiger charge is -1.93. The number of hydrogen-bond donors (Lipinski definition) is 1. The molecule has 3 rings (SSSR count). The van der Waals surface area contributed by atoms with Gasteiger partial charge in [-0.25, -0.2) is 4.99 Å². The third-order valence-corrected chi connectivity index (χ3v) is 3.92. The van der Waals surface area contributed by atoms with Crippen LogP contribution in [0.25, 0.3) is 11.3 Å². The number of hydrogen-bond acceptors (Lipinski definition) is 6. The summed E-state index contributed by atoms with van der Waals surface area (Å²) in [7, 11) is 0. The molecular weight excluding hydrogens is 298 g/mol. The van der Waals surface area contributed by atoms with E-state index in [4.69, 9.17) is 4.42 Å². The van der Waals surface area contributed by atoms with Gasteiger partial charge in [0.2, 0.25) is 5.13 Å². The minimum absolute atomic E-state index is 0.152. The standard InChI is InChI=1S/C16H15N3O2S/c1-2-6-14-18-19-16(22-14)17-10-12-9-13(21-15(12)20)11-7-4-3-5-8-11/h3-5,7-10,20H,2,6H2,1H3. The van der Waals surface area contributed by atoms with Crippen LogP contribution in [0.15, 0.2) is 45.8 Å². The molecule has 0 aliphatic rings. The maximum atomic E-state index is 9.87. The van der Waals surface area contributed by atoms with Crippen molar-refractivity contribution in [2.45, 2.75) is 19.8 Å². The first-order valence-electron chi connectivity index (χ1n) is 7.01. The first-order valence-corrected chi connectivity index (χ1v) is 7.82. The monoisotopic (exact) mass is 313 g/mol. The zero-order valence-corrected chi connectivity index (χ0v) is 12.9. The summed E-state index contributed by atoms with van der Waals surface area (Å²) in [6.45, 7) is 2.10. The van der Waals surface area contributed by atoms with E-state index in [0.29, 0.717) is 16.5 Å². The maximum absolute atomic E-state index is 9.87. The van der Waals surface area contributed by atoms with Crippen molar-refractivity contribution in [2.75, 3.05) is 0 Å². The molecule has 1 aromatic carbocycles. The second kappa shape index (κ2) is 6.53. The van der Waals surface area contributed by atoms with Crippen LogP contribution < -0.4 is 0 Å². The summed E-state index contributed by atoms with van der Waals surface area (Å²) < 4.78 is 5.36. The first kappa shape index (κ1) is 14.5. The van der Waals surface area contributed by atoms with E-state index in [2.05, 4.69) is 22.1 Å². The number of rotatable bonds is 5. The molecule has 0 saturated heterocycles. The second-order valence-corrected chi connectivity index (χ2v) is 5.76. The number of aliphatic imine (C=N–C) groups is 1. The van der Waals surface area contributed by atoms with Gasteiger partial charge >= 0.3 is 0 Å². The summed E-state index contributed by atoms with van der Waals surface area (Å²) in [6.07, 6.45) is 3.48. The average molecular weight is 313 g/mol. The quantitative estimate of drug-likeness (QED) is 0.716. The highest BCUT2D eigenvalue weighted by Gasteiger charge is 2.10. The van der Waals surface area contributed by atoms with Crippen molar-refractivity contribution in [1.29, 1.82) is 0 Å². The largest absolute Gasteiger partial charge is 0.480 e. The fraction of sp³-hybridized carbons (Fsp3) is 0.188. The summed E-state index contributed by atoms with van der Waals surface area (Å²) in [5, 5.41) is 19.5. The molecule has 1 N–H and O–H groups in total. The smallest absolute Gasteiger partial charge is 0.291 e. The van der Waals surface area contributed by atoms with Gasteiger partial charge in [0.25, 0.3) is 5.95 Å². The second-order valence-electron chi connectivity index (χ2n) is 4.72. The minimum Gasteiger partial charge on any atom is -0.480 e. The van der Waals surface area contributed by atoms with Gasteiger partial charge in [-0.05, 0) is 12.5 Å². The van der Waals surface area contributed by atoms with Crippen LogP contribution in [0, 0.1) is 0 Å². The molecule has 0 spiro atoms. The van der Waals surface area contributed by atoms with Crippen LogP contribution in [0.3, 0.4) is 0 Å². The maximum Gasteiger partial charge on any atom is 0.291 e. The lowest BCUT2D eigenvalue weighted by Crippen LogP contribution is -1.79. The highest BCUT2D eigenvalue weighted by molar-refractivity contribution is 7.14. The molecule has 0 fully saturated rings. The van der Waals surface area contributed by atoms with Crippen molar-refractivity contribution in [3.63, 3.8) is 0 Å². The Morgan fingerprint density at radius 1 is 1.27 bits per heavy atom. The lowest BCUT2D eigenvalue weighted by atomic mass is 10.1. The lowest BCUT2D eigenvalue weighted by molar-refractivity contribution is 0.337. The Labute approximate surface area is 132 Å². The Kier molecular flexibility index (Phi) is 4.29. The third-order valence-electron chi connectivity index (χ3n) is 3.03. The van der Waals surface area contributed by atoms with E-state index >= 15 is 0 Å². The van der Waals surface area contributed by atoms with Crippen molar-refractivity contribution < 1.29 is 9.52 Å². The molecule has 0 aliphatic carbocycles. The van der Waals surface area contributed by atoms with Gasteiger partial charge in [0.1, 0.15) is 10.8 Å². The third kappa shape index (κ3) is 3.23. The minimum atomic E-state index is -0.152. The number of nitrogens with zero attached hydrogens (tertiary/aromatic N) is 3. The molecule has 0 aliphatic heterocycles. The van der Waals surface area contributed by atoms with Gasteiger partial charge in [-0.3, -0.25) is 0 Å². The van der Waals surface area contributed by atoms with Gasteiger partial charge in [-0.2, -0.15) is 0 Å². The molecule has 6 heteroatoms. The van der Waals surface area contributed by atoms with Crippen molar-refractivity contribution >= 4 is 22.7 Å². The van der Waals surface area contributed by atoms with Crippen LogP contribution >= 0.6 is 11.3 Å². The van der Waals surface area contributed by atoms with Gasteiger partial charge in [0.05, 0.1) is 5.56 Å². The summed E-state index contributed by atoms with van der Waals surface area (Å²) in [5.41, 5.74) is 1.42. The summed E-state index contributed by atoms with van der Waals surface area (Å²) in [5.74, 6) is 0.449. The number of aromatic hydroxyl groups is 1. The van der Waals surface area contributed by atoms with Crippen LogP contribution in [0.1, 0.15) is 23.9 Å². The van der Waals surface area contributed by atoms with Crippen LogP contribution in [0.4, 0.5) is 5.13 Å². The van der Waals surface area contributed by atoms with Crippen LogP contribution in [-0.2, 0) is 6.42 Å². The van der Waals surface area contributed by atoms with Gasteiger partial charge in [-0.15, -0.1) is 10.2 Å². The molecule has 0 unspecified atom stereocenters. The zero-order valence-electron chi connectivity index (χ0n) is 12.1. The van der Waals surface area contributed by atoms with Crippen molar-refractivity contribution in [3.8, 4) is 17.3 Å². The zero-order chi connectivity index (χ0) is 15.4. The molecule has 3 aromatic rings. The molecule has 5 nitrogen and oxygen atoms in total. The van der Waals surface area contributed by atoms with Crippen LogP contribution in [0.2, 0.25) is 0 Å². The number of furan rings is 1. The van der Waals surface area contributed by atoms with Gasteiger partial charge < -0.3 is 9.52 Å². The van der Waals surface area contributed by atoms with E-state index in [0.717, 1.165) is 23.4 Å². The normalized spacial score (nSPS) is 11.3. The average Bonchev–Trinajstić information content (AvgIpc) is 3.13. The van der Waals surface area contributed by atoms with E-state index in [1.54, 1.807) is 12.3 Å². The van der Waals surface area contributed by atoms with Gasteiger partial charge in [0.15, 0.2) is 0 Å². The topological polar surface area (TPSA) is 71.5 Å². The Bertz CT molecular complexity index is 778. The molecule has 0 radical (unpaired) electrons. The first-order chi connectivity index (χ1) is 10.8. The van der Waals surface area contributed by atoms with E-state index < -0.39 is 0 Å². The molecule has 0 saturated carbocycles. The molecule has 0 amide bonds. The molecule has 2 heterocycles. The molecular formula is C16H15N3O2S. The van der Waals surface area contributed by atoms with Crippen molar-refractivity contribution in [2.24, 2.45) is 4.99 Å². The fourth-order valence-electron chi connectivity index (χ4n) is 1.97. The van der Waals surface area contributed by atoms with Gasteiger partial charge in [0, 0.05) is 18.2 Å². The van der Waals surface area contributed by atoms with Crippen LogP contribution in [-0.4, -0.2) is 21.5 Å². The van der Waals surface area contributed by atoms with Crippen molar-refractivity contribution in [3.05, 3.63) is 47.0 Å². The highest BCUT2D eigenvalue weighted by atomic mass is 32.1.